The van der Waals surface area contributed by atoms with Crippen LogP contribution in [-0.4, -0.2) is 12.5 Å². The lowest BCUT2D eigenvalue weighted by atomic mass is 10.2. The second-order valence-corrected chi connectivity index (χ2v) is 5.21. The quantitative estimate of drug-likeness (QED) is 0.591. The van der Waals surface area contributed by atoms with Gasteiger partial charge >= 0.3 is 0 Å². The molecule has 0 spiro atoms. The van der Waals surface area contributed by atoms with Crippen molar-refractivity contribution in [2.45, 2.75) is 5.75 Å². The van der Waals surface area contributed by atoms with Crippen LogP contribution in [-0.2, 0) is 16.6 Å². The highest BCUT2D eigenvalue weighted by atomic mass is 32.2. The molecule has 0 fully saturated rings. The summed E-state index contributed by atoms with van der Waals surface area (Å²) in [7, 11) is 0.506. The molecule has 0 heterocycles. The van der Waals surface area contributed by atoms with Crippen LogP contribution in [0.5, 0.6) is 0 Å². The lowest BCUT2D eigenvalue weighted by Gasteiger charge is -1.98. The van der Waals surface area contributed by atoms with E-state index in [0.29, 0.717) is 10.9 Å². The van der Waals surface area contributed by atoms with Crippen molar-refractivity contribution in [2.75, 3.05) is 12.5 Å². The van der Waals surface area contributed by atoms with Crippen molar-refractivity contribution in [1.29, 1.82) is 0 Å². The maximum absolute atomic E-state index is 3.84. The van der Waals surface area contributed by atoms with Crippen molar-refractivity contribution in [1.82, 2.24) is 0 Å². The minimum absolute atomic E-state index is 0.506. The fourth-order valence-electron chi connectivity index (χ4n) is 0.969. The van der Waals surface area contributed by atoms with Gasteiger partial charge in [-0.15, -0.1) is 0 Å². The standard InChI is InChI=1S/C10H14S/c1-9-4-6-10(7-5-9)8-11(2)3/h4-7H,1,8H2,2-3H3/q+1. The highest BCUT2D eigenvalue weighted by Gasteiger charge is 2.02. The Bertz CT molecular complexity index is 211. The number of benzene rings is 1. The molecule has 11 heavy (non-hydrogen) atoms. The van der Waals surface area contributed by atoms with Crippen LogP contribution in [0.4, 0.5) is 0 Å². The molecule has 1 aromatic carbocycles. The van der Waals surface area contributed by atoms with Gasteiger partial charge in [0, 0.05) is 5.56 Å². The molecule has 0 aliphatic carbocycles. The Morgan fingerprint density at radius 1 is 1.18 bits per heavy atom. The summed E-state index contributed by atoms with van der Waals surface area (Å²) in [6.07, 6.45) is 4.52. The van der Waals surface area contributed by atoms with E-state index in [4.69, 9.17) is 0 Å². The van der Waals surface area contributed by atoms with E-state index in [1.165, 1.54) is 11.3 Å². The largest absolute Gasteiger partial charge is 0.132 e. The van der Waals surface area contributed by atoms with Gasteiger partial charge in [0.05, 0.1) is 12.5 Å². The summed E-state index contributed by atoms with van der Waals surface area (Å²) in [4.78, 5) is 0. The van der Waals surface area contributed by atoms with E-state index in [0.717, 1.165) is 5.56 Å². The molecule has 0 saturated heterocycles. The van der Waals surface area contributed by atoms with Crippen molar-refractivity contribution >= 4 is 10.9 Å². The number of hydrogen-bond donors (Lipinski definition) is 0. The van der Waals surface area contributed by atoms with Gasteiger partial charge < -0.3 is 0 Å². The Morgan fingerprint density at radius 3 is 2.18 bits per heavy atom. The first-order valence-electron chi connectivity index (χ1n) is 3.63. The average molecular weight is 166 g/mol. The molecule has 0 amide bonds. The normalized spacial score (nSPS) is 10.5. The van der Waals surface area contributed by atoms with Gasteiger partial charge in [-0.05, 0) is 23.4 Å². The lowest BCUT2D eigenvalue weighted by molar-refractivity contribution is 1.39. The average Bonchev–Trinajstić information content (AvgIpc) is 1.93. The summed E-state index contributed by atoms with van der Waals surface area (Å²) in [5.74, 6) is 1.19. The topological polar surface area (TPSA) is 0 Å². The van der Waals surface area contributed by atoms with Crippen molar-refractivity contribution < 1.29 is 0 Å². The van der Waals surface area contributed by atoms with Gasteiger partial charge in [0.25, 0.3) is 0 Å². The van der Waals surface area contributed by atoms with E-state index in [-0.39, 0.29) is 0 Å². The minimum Gasteiger partial charge on any atom is -0.0586 e. The van der Waals surface area contributed by atoms with Crippen LogP contribution in [0, 0.1) is 6.92 Å². The molecule has 0 aliphatic rings. The Kier molecular flexibility index (Phi) is 3.01. The van der Waals surface area contributed by atoms with Gasteiger partial charge in [-0.3, -0.25) is 0 Å². The molecular weight excluding hydrogens is 152 g/mol. The fourth-order valence-corrected chi connectivity index (χ4v) is 1.83. The zero-order valence-corrected chi connectivity index (χ0v) is 7.95. The first kappa shape index (κ1) is 8.66. The van der Waals surface area contributed by atoms with Crippen LogP contribution < -0.4 is 0 Å². The molecule has 1 aromatic rings. The summed E-state index contributed by atoms with van der Waals surface area (Å²) < 4.78 is 0. The van der Waals surface area contributed by atoms with E-state index in [2.05, 4.69) is 43.7 Å². The maximum Gasteiger partial charge on any atom is 0.132 e. The van der Waals surface area contributed by atoms with E-state index < -0.39 is 0 Å². The highest BCUT2D eigenvalue weighted by molar-refractivity contribution is 7.94. The van der Waals surface area contributed by atoms with Gasteiger partial charge in [0.2, 0.25) is 0 Å². The van der Waals surface area contributed by atoms with E-state index in [9.17, 15) is 0 Å². The SMILES string of the molecule is [CH2]c1ccc(C[S+](C)C)cc1. The third-order valence-corrected chi connectivity index (χ3v) is 2.39. The van der Waals surface area contributed by atoms with Gasteiger partial charge in [-0.25, -0.2) is 0 Å². The summed E-state index contributed by atoms with van der Waals surface area (Å²) in [5.41, 5.74) is 2.52. The van der Waals surface area contributed by atoms with Crippen LogP contribution in [0.2, 0.25) is 0 Å². The molecule has 0 N–H and O–H groups in total. The minimum atomic E-state index is 0.506. The monoisotopic (exact) mass is 166 g/mol. The van der Waals surface area contributed by atoms with Gasteiger partial charge in [-0.1, -0.05) is 24.3 Å². The first-order chi connectivity index (χ1) is 5.18. The van der Waals surface area contributed by atoms with Gasteiger partial charge in [0.1, 0.15) is 5.75 Å². The maximum atomic E-state index is 3.84. The Morgan fingerprint density at radius 2 is 1.73 bits per heavy atom. The zero-order valence-electron chi connectivity index (χ0n) is 7.13. The molecule has 0 atom stereocenters. The van der Waals surface area contributed by atoms with Crippen LogP contribution >= 0.6 is 0 Å². The predicted octanol–water partition coefficient (Wildman–Crippen LogP) is 2.25. The summed E-state index contributed by atoms with van der Waals surface area (Å²) in [6.45, 7) is 3.84. The number of rotatable bonds is 2. The Balaban J connectivity index is 2.66. The molecule has 0 aromatic heterocycles. The summed E-state index contributed by atoms with van der Waals surface area (Å²) in [5, 5.41) is 0. The molecule has 0 aliphatic heterocycles. The predicted molar refractivity (Wildman–Crippen MR) is 53.8 cm³/mol. The van der Waals surface area contributed by atoms with Gasteiger partial charge in [-0.2, -0.15) is 0 Å². The van der Waals surface area contributed by atoms with Gasteiger partial charge in [0.15, 0.2) is 0 Å². The summed E-state index contributed by atoms with van der Waals surface area (Å²) in [6, 6.07) is 8.47. The molecule has 0 unspecified atom stereocenters. The van der Waals surface area contributed by atoms with E-state index >= 15 is 0 Å². The Hall–Kier alpha value is -0.430. The fraction of sp³-hybridized carbons (Fsp3) is 0.300. The van der Waals surface area contributed by atoms with Crippen LogP contribution in [0.15, 0.2) is 24.3 Å². The molecule has 0 nitrogen and oxygen atoms in total. The zero-order chi connectivity index (χ0) is 8.27. The second kappa shape index (κ2) is 3.82. The molecular formula is C10H14S+. The molecule has 0 saturated carbocycles. The molecule has 1 heteroatoms. The van der Waals surface area contributed by atoms with Crippen molar-refractivity contribution in [3.8, 4) is 0 Å². The van der Waals surface area contributed by atoms with Crippen LogP contribution in [0.1, 0.15) is 11.1 Å². The number of hydrogen-bond acceptors (Lipinski definition) is 0. The second-order valence-electron chi connectivity index (χ2n) is 2.95. The van der Waals surface area contributed by atoms with E-state index in [1.807, 2.05) is 0 Å². The first-order valence-corrected chi connectivity index (χ1v) is 5.84. The molecule has 1 rings (SSSR count). The molecule has 59 valence electrons. The summed E-state index contributed by atoms with van der Waals surface area (Å²) >= 11 is 0. The van der Waals surface area contributed by atoms with E-state index in [1.54, 1.807) is 0 Å². The Labute approximate surface area is 72.0 Å². The lowest BCUT2D eigenvalue weighted by Crippen LogP contribution is -1.98. The highest BCUT2D eigenvalue weighted by Crippen LogP contribution is 2.06. The third kappa shape index (κ3) is 2.98. The molecule has 1 radical (unpaired) electrons. The van der Waals surface area contributed by atoms with Crippen molar-refractivity contribution in [2.24, 2.45) is 0 Å². The van der Waals surface area contributed by atoms with Crippen molar-refractivity contribution in [3.05, 3.63) is 42.3 Å². The van der Waals surface area contributed by atoms with Crippen molar-refractivity contribution in [3.63, 3.8) is 0 Å². The molecule has 0 bridgehead atoms. The third-order valence-electron chi connectivity index (χ3n) is 1.48. The van der Waals surface area contributed by atoms with Crippen LogP contribution in [0.3, 0.4) is 0 Å². The smallest absolute Gasteiger partial charge is 0.0586 e. The van der Waals surface area contributed by atoms with Crippen LogP contribution in [0.25, 0.3) is 0 Å².